The van der Waals surface area contributed by atoms with Gasteiger partial charge >= 0.3 is 0 Å². The number of hydrogen-bond donors (Lipinski definition) is 2. The second-order valence-electron chi connectivity index (χ2n) is 6.71. The lowest BCUT2D eigenvalue weighted by atomic mass is 9.83. The van der Waals surface area contributed by atoms with Crippen molar-refractivity contribution in [2.24, 2.45) is 11.7 Å². The highest BCUT2D eigenvalue weighted by Crippen LogP contribution is 2.27. The van der Waals surface area contributed by atoms with E-state index in [4.69, 9.17) is 5.73 Å². The summed E-state index contributed by atoms with van der Waals surface area (Å²) in [7, 11) is 0. The summed E-state index contributed by atoms with van der Waals surface area (Å²) < 4.78 is 0. The Bertz CT molecular complexity index is 286. The van der Waals surface area contributed by atoms with Gasteiger partial charge in [-0.15, -0.1) is 0 Å². The number of amides is 1. The lowest BCUT2D eigenvalue weighted by molar-refractivity contribution is -0.124. The largest absolute Gasteiger partial charge is 0.350 e. The Balaban J connectivity index is 2.58. The van der Waals surface area contributed by atoms with E-state index in [1.807, 2.05) is 20.8 Å². The standard InChI is InChI=1S/C15H31N3O/c1-5-18(11-14(19)17-15(2,3)4)13-9-7-6-8-12(13)10-16/h12-13H,5-11,16H2,1-4H3,(H,17,19). The van der Waals surface area contributed by atoms with Gasteiger partial charge in [0.25, 0.3) is 0 Å². The maximum Gasteiger partial charge on any atom is 0.234 e. The Morgan fingerprint density at radius 3 is 2.47 bits per heavy atom. The van der Waals surface area contributed by atoms with Crippen LogP contribution in [0.25, 0.3) is 0 Å². The van der Waals surface area contributed by atoms with Gasteiger partial charge in [-0.25, -0.2) is 0 Å². The van der Waals surface area contributed by atoms with Gasteiger partial charge in [-0.3, -0.25) is 9.69 Å². The van der Waals surface area contributed by atoms with E-state index in [1.54, 1.807) is 0 Å². The fourth-order valence-electron chi connectivity index (χ4n) is 3.05. The van der Waals surface area contributed by atoms with Crippen molar-refractivity contribution in [2.75, 3.05) is 19.6 Å². The van der Waals surface area contributed by atoms with Gasteiger partial charge in [-0.1, -0.05) is 19.8 Å². The first kappa shape index (κ1) is 16.4. The van der Waals surface area contributed by atoms with Crippen LogP contribution in [0.4, 0.5) is 0 Å². The van der Waals surface area contributed by atoms with E-state index >= 15 is 0 Å². The fourth-order valence-corrected chi connectivity index (χ4v) is 3.05. The molecule has 0 heterocycles. The lowest BCUT2D eigenvalue weighted by Crippen LogP contribution is -2.51. The van der Waals surface area contributed by atoms with Crippen LogP contribution in [0.3, 0.4) is 0 Å². The van der Waals surface area contributed by atoms with Crippen LogP contribution in [-0.2, 0) is 4.79 Å². The third-order valence-corrected chi connectivity index (χ3v) is 3.91. The minimum Gasteiger partial charge on any atom is -0.350 e. The van der Waals surface area contributed by atoms with Gasteiger partial charge in [0.15, 0.2) is 0 Å². The van der Waals surface area contributed by atoms with E-state index in [1.165, 1.54) is 25.7 Å². The van der Waals surface area contributed by atoms with E-state index in [2.05, 4.69) is 17.1 Å². The first-order valence-corrected chi connectivity index (χ1v) is 7.62. The monoisotopic (exact) mass is 269 g/mol. The molecule has 1 aliphatic rings. The molecule has 1 fully saturated rings. The smallest absolute Gasteiger partial charge is 0.234 e. The number of likely N-dealkylation sites (N-methyl/N-ethyl adjacent to an activating group) is 1. The number of carbonyl (C=O) groups is 1. The SMILES string of the molecule is CCN(CC(=O)NC(C)(C)C)C1CCCCC1CN. The predicted molar refractivity (Wildman–Crippen MR) is 79.9 cm³/mol. The summed E-state index contributed by atoms with van der Waals surface area (Å²) in [6.07, 6.45) is 4.93. The molecule has 19 heavy (non-hydrogen) atoms. The Morgan fingerprint density at radius 1 is 1.32 bits per heavy atom. The summed E-state index contributed by atoms with van der Waals surface area (Å²) in [5.41, 5.74) is 5.74. The van der Waals surface area contributed by atoms with Crippen molar-refractivity contribution in [3.05, 3.63) is 0 Å². The number of nitrogens with zero attached hydrogens (tertiary/aromatic N) is 1. The molecule has 0 bridgehead atoms. The number of nitrogens with one attached hydrogen (secondary N) is 1. The molecule has 2 atom stereocenters. The van der Waals surface area contributed by atoms with Crippen LogP contribution in [-0.4, -0.2) is 42.0 Å². The molecule has 0 aliphatic heterocycles. The predicted octanol–water partition coefficient (Wildman–Crippen LogP) is 1.74. The quantitative estimate of drug-likeness (QED) is 0.799. The zero-order valence-electron chi connectivity index (χ0n) is 13.0. The van der Waals surface area contributed by atoms with Crippen LogP contribution in [0.2, 0.25) is 0 Å². The molecular weight excluding hydrogens is 238 g/mol. The molecule has 0 saturated heterocycles. The van der Waals surface area contributed by atoms with Crippen molar-refractivity contribution < 1.29 is 4.79 Å². The highest BCUT2D eigenvalue weighted by Gasteiger charge is 2.29. The molecule has 2 unspecified atom stereocenters. The zero-order valence-corrected chi connectivity index (χ0v) is 13.0. The second-order valence-corrected chi connectivity index (χ2v) is 6.71. The number of nitrogens with two attached hydrogens (primary N) is 1. The van der Waals surface area contributed by atoms with Gasteiger partial charge in [0.1, 0.15) is 0 Å². The molecule has 0 radical (unpaired) electrons. The maximum absolute atomic E-state index is 12.1. The molecule has 0 aromatic carbocycles. The van der Waals surface area contributed by atoms with Gasteiger partial charge in [-0.05, 0) is 52.6 Å². The van der Waals surface area contributed by atoms with E-state index in [0.717, 1.165) is 13.1 Å². The minimum atomic E-state index is -0.156. The maximum atomic E-state index is 12.1. The topological polar surface area (TPSA) is 58.4 Å². The summed E-state index contributed by atoms with van der Waals surface area (Å²) in [5, 5.41) is 3.04. The molecule has 1 amide bonds. The van der Waals surface area contributed by atoms with Crippen LogP contribution in [0.1, 0.15) is 53.4 Å². The Morgan fingerprint density at radius 2 is 1.95 bits per heavy atom. The average molecular weight is 269 g/mol. The first-order valence-electron chi connectivity index (χ1n) is 7.62. The van der Waals surface area contributed by atoms with Gasteiger partial charge in [0.2, 0.25) is 5.91 Å². The van der Waals surface area contributed by atoms with E-state index in [0.29, 0.717) is 18.5 Å². The highest BCUT2D eigenvalue weighted by atomic mass is 16.2. The molecular formula is C15H31N3O. The molecule has 0 aromatic heterocycles. The summed E-state index contributed by atoms with van der Waals surface area (Å²) in [6, 6.07) is 0.481. The highest BCUT2D eigenvalue weighted by molar-refractivity contribution is 5.78. The summed E-state index contributed by atoms with van der Waals surface area (Å²) >= 11 is 0. The van der Waals surface area contributed by atoms with Crippen LogP contribution >= 0.6 is 0 Å². The van der Waals surface area contributed by atoms with Crippen LogP contribution in [0.5, 0.6) is 0 Å². The van der Waals surface area contributed by atoms with Crippen molar-refractivity contribution >= 4 is 5.91 Å². The third-order valence-electron chi connectivity index (χ3n) is 3.91. The lowest BCUT2D eigenvalue weighted by Gasteiger charge is -2.39. The van der Waals surface area contributed by atoms with Crippen molar-refractivity contribution in [2.45, 2.75) is 65.0 Å². The molecule has 1 rings (SSSR count). The Hall–Kier alpha value is -0.610. The number of hydrogen-bond acceptors (Lipinski definition) is 3. The molecule has 112 valence electrons. The Labute approximate surface area is 118 Å². The molecule has 0 aromatic rings. The van der Waals surface area contributed by atoms with E-state index < -0.39 is 0 Å². The molecule has 1 aliphatic carbocycles. The van der Waals surface area contributed by atoms with Crippen molar-refractivity contribution in [1.82, 2.24) is 10.2 Å². The molecule has 4 heteroatoms. The van der Waals surface area contributed by atoms with Crippen molar-refractivity contribution in [3.8, 4) is 0 Å². The second kappa shape index (κ2) is 7.25. The normalized spacial score (nSPS) is 24.5. The van der Waals surface area contributed by atoms with E-state index in [9.17, 15) is 4.79 Å². The van der Waals surface area contributed by atoms with E-state index in [-0.39, 0.29) is 11.4 Å². The third kappa shape index (κ3) is 5.49. The van der Waals surface area contributed by atoms with Crippen LogP contribution in [0.15, 0.2) is 0 Å². The van der Waals surface area contributed by atoms with Crippen LogP contribution < -0.4 is 11.1 Å². The van der Waals surface area contributed by atoms with Gasteiger partial charge in [0, 0.05) is 11.6 Å². The van der Waals surface area contributed by atoms with Gasteiger partial charge in [0.05, 0.1) is 6.54 Å². The average Bonchev–Trinajstić information content (AvgIpc) is 2.33. The number of carbonyl (C=O) groups excluding carboxylic acids is 1. The summed E-state index contributed by atoms with van der Waals surface area (Å²) in [4.78, 5) is 14.4. The molecule has 0 spiro atoms. The van der Waals surface area contributed by atoms with Gasteiger partial charge in [-0.2, -0.15) is 0 Å². The summed E-state index contributed by atoms with van der Waals surface area (Å²) in [6.45, 7) is 10.3. The number of rotatable bonds is 5. The zero-order chi connectivity index (χ0) is 14.5. The van der Waals surface area contributed by atoms with Crippen molar-refractivity contribution in [1.29, 1.82) is 0 Å². The minimum absolute atomic E-state index is 0.121. The molecule has 1 saturated carbocycles. The fraction of sp³-hybridized carbons (Fsp3) is 0.933. The van der Waals surface area contributed by atoms with Crippen molar-refractivity contribution in [3.63, 3.8) is 0 Å². The van der Waals surface area contributed by atoms with Crippen LogP contribution in [0, 0.1) is 5.92 Å². The molecule has 3 N–H and O–H groups in total. The Kier molecular flexibility index (Phi) is 6.27. The first-order chi connectivity index (χ1) is 8.87. The summed E-state index contributed by atoms with van der Waals surface area (Å²) in [5.74, 6) is 0.673. The van der Waals surface area contributed by atoms with Gasteiger partial charge < -0.3 is 11.1 Å². The molecule has 4 nitrogen and oxygen atoms in total.